The molecule has 2 saturated heterocycles. The fourth-order valence-corrected chi connectivity index (χ4v) is 4.61. The molecule has 104 valence electrons. The van der Waals surface area contributed by atoms with Crippen molar-refractivity contribution in [1.82, 2.24) is 10.2 Å². The van der Waals surface area contributed by atoms with Gasteiger partial charge in [-0.15, -0.1) is 0 Å². The highest BCUT2D eigenvalue weighted by atomic mass is 15.1. The van der Waals surface area contributed by atoms with Crippen LogP contribution in [0.3, 0.4) is 0 Å². The van der Waals surface area contributed by atoms with E-state index in [4.69, 9.17) is 0 Å². The van der Waals surface area contributed by atoms with Crippen LogP contribution in [0.25, 0.3) is 0 Å². The third-order valence-corrected chi connectivity index (χ3v) is 5.62. The zero-order chi connectivity index (χ0) is 12.4. The Kier molecular flexibility index (Phi) is 4.25. The summed E-state index contributed by atoms with van der Waals surface area (Å²) in [6.07, 6.45) is 10.3. The van der Waals surface area contributed by atoms with E-state index in [2.05, 4.69) is 17.1 Å². The average Bonchev–Trinajstić information content (AvgIpc) is 2.39. The molecule has 4 atom stereocenters. The molecular weight excluding hydrogens is 220 g/mol. The van der Waals surface area contributed by atoms with E-state index in [0.717, 1.165) is 23.8 Å². The summed E-state index contributed by atoms with van der Waals surface area (Å²) in [5, 5.41) is 3.58. The molecule has 3 fully saturated rings. The topological polar surface area (TPSA) is 15.3 Å². The van der Waals surface area contributed by atoms with Gasteiger partial charge < -0.3 is 10.2 Å². The molecule has 0 aromatic rings. The summed E-state index contributed by atoms with van der Waals surface area (Å²) in [4.78, 5) is 2.80. The van der Waals surface area contributed by atoms with Gasteiger partial charge in [0, 0.05) is 19.1 Å². The third kappa shape index (κ3) is 3.08. The molecule has 3 aliphatic rings. The lowest BCUT2D eigenvalue weighted by Crippen LogP contribution is -2.46. The van der Waals surface area contributed by atoms with Gasteiger partial charge in [0.05, 0.1) is 0 Å². The summed E-state index contributed by atoms with van der Waals surface area (Å²) in [5.74, 6) is 3.09. The maximum absolute atomic E-state index is 3.58. The van der Waals surface area contributed by atoms with Crippen LogP contribution in [0.5, 0.6) is 0 Å². The Labute approximate surface area is 113 Å². The van der Waals surface area contributed by atoms with Crippen molar-refractivity contribution in [2.45, 2.75) is 57.9 Å². The molecule has 0 aromatic carbocycles. The van der Waals surface area contributed by atoms with Crippen LogP contribution in [-0.4, -0.2) is 37.1 Å². The Hall–Kier alpha value is -0.0800. The second-order valence-electron chi connectivity index (χ2n) is 7.10. The minimum atomic E-state index is 0.746. The van der Waals surface area contributed by atoms with Crippen molar-refractivity contribution in [1.29, 1.82) is 0 Å². The van der Waals surface area contributed by atoms with E-state index < -0.39 is 0 Å². The van der Waals surface area contributed by atoms with Crippen LogP contribution in [0, 0.1) is 17.8 Å². The zero-order valence-corrected chi connectivity index (χ0v) is 12.0. The summed E-state index contributed by atoms with van der Waals surface area (Å²) >= 11 is 0. The second-order valence-corrected chi connectivity index (χ2v) is 7.10. The van der Waals surface area contributed by atoms with Gasteiger partial charge in [0.25, 0.3) is 0 Å². The van der Waals surface area contributed by atoms with Gasteiger partial charge in [-0.1, -0.05) is 19.3 Å². The van der Waals surface area contributed by atoms with Gasteiger partial charge in [0.15, 0.2) is 0 Å². The van der Waals surface area contributed by atoms with Gasteiger partial charge in [0.1, 0.15) is 0 Å². The quantitative estimate of drug-likeness (QED) is 0.810. The van der Waals surface area contributed by atoms with E-state index in [1.54, 1.807) is 0 Å². The van der Waals surface area contributed by atoms with E-state index in [9.17, 15) is 0 Å². The number of rotatable bonds is 2. The number of likely N-dealkylation sites (tertiary alicyclic amines) is 1. The highest BCUT2D eigenvalue weighted by Crippen LogP contribution is 2.36. The number of hydrogen-bond donors (Lipinski definition) is 1. The van der Waals surface area contributed by atoms with E-state index in [0.29, 0.717) is 0 Å². The zero-order valence-electron chi connectivity index (χ0n) is 12.0. The van der Waals surface area contributed by atoms with Gasteiger partial charge in [-0.25, -0.2) is 0 Å². The normalized spacial score (nSPS) is 42.5. The minimum absolute atomic E-state index is 0.746. The van der Waals surface area contributed by atoms with Crippen molar-refractivity contribution < 1.29 is 0 Å². The molecule has 0 amide bonds. The van der Waals surface area contributed by atoms with Gasteiger partial charge >= 0.3 is 0 Å². The van der Waals surface area contributed by atoms with Gasteiger partial charge in [0.2, 0.25) is 0 Å². The summed E-state index contributed by atoms with van der Waals surface area (Å²) in [7, 11) is 0. The predicted molar refractivity (Wildman–Crippen MR) is 76.7 cm³/mol. The minimum Gasteiger partial charge on any atom is -0.314 e. The monoisotopic (exact) mass is 250 g/mol. The Morgan fingerprint density at radius 1 is 1.06 bits per heavy atom. The molecule has 0 bridgehead atoms. The highest BCUT2D eigenvalue weighted by molar-refractivity contribution is 4.85. The first-order chi connectivity index (χ1) is 8.81. The molecule has 0 aromatic heterocycles. The summed E-state index contributed by atoms with van der Waals surface area (Å²) in [6.45, 7) is 7.78. The molecule has 0 radical (unpaired) electrons. The lowest BCUT2D eigenvalue weighted by molar-refractivity contribution is 0.0692. The fraction of sp³-hybridized carbons (Fsp3) is 1.00. The molecule has 1 saturated carbocycles. The molecule has 4 unspecified atom stereocenters. The van der Waals surface area contributed by atoms with Gasteiger partial charge in [-0.05, 0) is 63.5 Å². The Balaban J connectivity index is 1.48. The summed E-state index contributed by atoms with van der Waals surface area (Å²) in [6, 6.07) is 0.746. The highest BCUT2D eigenvalue weighted by Gasteiger charge is 2.32. The molecule has 2 nitrogen and oxygen atoms in total. The first kappa shape index (κ1) is 12.9. The molecule has 1 aliphatic carbocycles. The molecule has 2 heteroatoms. The van der Waals surface area contributed by atoms with E-state index in [-0.39, 0.29) is 0 Å². The maximum Gasteiger partial charge on any atom is 0.00418 e. The van der Waals surface area contributed by atoms with Gasteiger partial charge in [-0.2, -0.15) is 0 Å². The molecule has 2 aliphatic heterocycles. The van der Waals surface area contributed by atoms with Crippen LogP contribution in [0.1, 0.15) is 51.9 Å². The van der Waals surface area contributed by atoms with Crippen molar-refractivity contribution in [2.24, 2.45) is 17.8 Å². The van der Waals surface area contributed by atoms with E-state index in [1.807, 2.05) is 0 Å². The average molecular weight is 250 g/mol. The molecule has 3 rings (SSSR count). The Morgan fingerprint density at radius 2 is 1.89 bits per heavy atom. The Bertz CT molecular complexity index is 266. The van der Waals surface area contributed by atoms with Crippen LogP contribution >= 0.6 is 0 Å². The molecular formula is C16H30N2. The lowest BCUT2D eigenvalue weighted by atomic mass is 9.75. The van der Waals surface area contributed by atoms with Crippen LogP contribution < -0.4 is 5.32 Å². The third-order valence-electron chi connectivity index (χ3n) is 5.62. The van der Waals surface area contributed by atoms with Crippen LogP contribution in [-0.2, 0) is 0 Å². The number of nitrogens with zero attached hydrogens (tertiary/aromatic N) is 1. The smallest absolute Gasteiger partial charge is 0.00418 e. The molecule has 1 N–H and O–H groups in total. The first-order valence-corrected chi connectivity index (χ1v) is 8.27. The van der Waals surface area contributed by atoms with E-state index in [1.165, 1.54) is 71.1 Å². The van der Waals surface area contributed by atoms with Crippen molar-refractivity contribution >= 4 is 0 Å². The largest absolute Gasteiger partial charge is 0.314 e. The fourth-order valence-electron chi connectivity index (χ4n) is 4.61. The Morgan fingerprint density at radius 3 is 2.72 bits per heavy atom. The summed E-state index contributed by atoms with van der Waals surface area (Å²) < 4.78 is 0. The second kappa shape index (κ2) is 5.92. The molecule has 0 spiro atoms. The van der Waals surface area contributed by atoms with E-state index >= 15 is 0 Å². The van der Waals surface area contributed by atoms with Crippen LogP contribution in [0.15, 0.2) is 0 Å². The van der Waals surface area contributed by atoms with Crippen molar-refractivity contribution in [3.63, 3.8) is 0 Å². The van der Waals surface area contributed by atoms with Gasteiger partial charge in [-0.3, -0.25) is 0 Å². The molecule has 18 heavy (non-hydrogen) atoms. The maximum atomic E-state index is 3.58. The SMILES string of the molecule is CC1CC(CN2CCC3CCCCC3C2)CCN1. The number of nitrogens with one attached hydrogen (secondary N) is 1. The first-order valence-electron chi connectivity index (χ1n) is 8.27. The van der Waals surface area contributed by atoms with Crippen LogP contribution in [0.2, 0.25) is 0 Å². The number of piperidine rings is 2. The molecule has 2 heterocycles. The standard InChI is InChI=1S/C16H30N2/c1-13-10-14(6-8-17-13)11-18-9-7-15-4-2-3-5-16(15)12-18/h13-17H,2-12H2,1H3. The number of hydrogen-bond acceptors (Lipinski definition) is 2. The van der Waals surface area contributed by atoms with Crippen LogP contribution in [0.4, 0.5) is 0 Å². The summed E-state index contributed by atoms with van der Waals surface area (Å²) in [5.41, 5.74) is 0. The lowest BCUT2D eigenvalue weighted by Gasteiger charge is -2.43. The van der Waals surface area contributed by atoms with Crippen molar-refractivity contribution in [3.05, 3.63) is 0 Å². The van der Waals surface area contributed by atoms with Crippen molar-refractivity contribution in [3.8, 4) is 0 Å². The predicted octanol–water partition coefficient (Wildman–Crippen LogP) is 2.89. The number of fused-ring (bicyclic) bond motifs is 1. The van der Waals surface area contributed by atoms with Crippen molar-refractivity contribution in [2.75, 3.05) is 26.2 Å².